The molecule has 0 radical (unpaired) electrons. The second kappa shape index (κ2) is 10.8. The summed E-state index contributed by atoms with van der Waals surface area (Å²) >= 11 is 0. The van der Waals surface area contributed by atoms with E-state index in [0.29, 0.717) is 0 Å². The average Bonchev–Trinajstić information content (AvgIpc) is 3.16. The zero-order valence-electron chi connectivity index (χ0n) is 17.9. The highest BCUT2D eigenvalue weighted by Crippen LogP contribution is 2.15. The zero-order valence-corrected chi connectivity index (χ0v) is 17.9. The number of nitrogens with one attached hydrogen (secondary N) is 1. The highest BCUT2D eigenvalue weighted by molar-refractivity contribution is 5.29. The fourth-order valence-electron chi connectivity index (χ4n) is 3.77. The van der Waals surface area contributed by atoms with Crippen LogP contribution >= 0.6 is 0 Å². The van der Waals surface area contributed by atoms with Gasteiger partial charge in [-0.15, -0.1) is 0 Å². The van der Waals surface area contributed by atoms with Crippen molar-refractivity contribution in [1.29, 1.82) is 0 Å². The fraction of sp³-hybridized carbons (Fsp3) is 0.360. The molecule has 1 aromatic heterocycles. The van der Waals surface area contributed by atoms with Gasteiger partial charge in [0.1, 0.15) is 18.8 Å². The molecule has 0 saturated carbocycles. The second-order valence-corrected chi connectivity index (χ2v) is 7.61. The highest BCUT2D eigenvalue weighted by atomic mass is 16.5. The summed E-state index contributed by atoms with van der Waals surface area (Å²) in [5.41, 5.74) is 5.39. The summed E-state index contributed by atoms with van der Waals surface area (Å²) < 4.78 is 13.0. The Bertz CT molecular complexity index is 888. The summed E-state index contributed by atoms with van der Waals surface area (Å²) in [4.78, 5) is 1.56. The molecule has 1 N–H and O–H groups in total. The molecule has 0 aliphatic rings. The Hall–Kier alpha value is -2.56. The summed E-state index contributed by atoms with van der Waals surface area (Å²) in [6.07, 6.45) is 3.24. The smallest absolute Gasteiger partial charge is 0.119 e. The normalized spacial score (nSPS) is 12.1. The largest absolute Gasteiger partial charge is 0.497 e. The minimum absolute atomic E-state index is 0.808. The molecule has 154 valence electrons. The van der Waals surface area contributed by atoms with Gasteiger partial charge in [-0.2, -0.15) is 0 Å². The van der Waals surface area contributed by atoms with Gasteiger partial charge in [-0.25, -0.2) is 0 Å². The molecule has 29 heavy (non-hydrogen) atoms. The summed E-state index contributed by atoms with van der Waals surface area (Å²) in [6, 6.07) is 21.4. The molecule has 4 heteroatoms. The molecule has 1 heterocycles. The molecule has 0 aliphatic heterocycles. The Morgan fingerprint density at radius 2 is 1.79 bits per heavy atom. The van der Waals surface area contributed by atoms with Gasteiger partial charge in [0, 0.05) is 31.8 Å². The Kier molecular flexibility index (Phi) is 7.91. The van der Waals surface area contributed by atoms with Gasteiger partial charge in [0.25, 0.3) is 0 Å². The first-order chi connectivity index (χ1) is 14.2. The van der Waals surface area contributed by atoms with Gasteiger partial charge in [-0.05, 0) is 42.3 Å². The first-order valence-electron chi connectivity index (χ1n) is 10.3. The molecular formula is C25H33N2O2+. The van der Waals surface area contributed by atoms with Crippen LogP contribution in [0.25, 0.3) is 0 Å². The van der Waals surface area contributed by atoms with E-state index in [9.17, 15) is 0 Å². The molecule has 0 bridgehead atoms. The van der Waals surface area contributed by atoms with Crippen molar-refractivity contribution in [3.8, 4) is 5.75 Å². The number of quaternary nitrogens is 1. The Balaban J connectivity index is 1.73. The summed E-state index contributed by atoms with van der Waals surface area (Å²) in [5.74, 6) is 0.905. The highest BCUT2D eigenvalue weighted by Gasteiger charge is 2.14. The second-order valence-electron chi connectivity index (χ2n) is 7.61. The molecule has 0 spiro atoms. The van der Waals surface area contributed by atoms with Crippen LogP contribution in [0.1, 0.15) is 28.8 Å². The summed E-state index contributed by atoms with van der Waals surface area (Å²) in [7, 11) is 3.49. The lowest BCUT2D eigenvalue weighted by Crippen LogP contribution is -3.09. The standard InChI is InChI=1S/C25H32N2O2/c1-21-9-4-5-11-23(21)19-26(14-8-16-28-2)20-24-12-7-15-27(24)18-22-10-6-13-25(17-22)29-3/h4-7,9-13,15,17H,8,14,16,18-20H2,1-3H3/p+1. The van der Waals surface area contributed by atoms with Crippen molar-refractivity contribution in [1.82, 2.24) is 4.57 Å². The molecule has 2 aromatic carbocycles. The van der Waals surface area contributed by atoms with Crippen molar-refractivity contribution in [3.63, 3.8) is 0 Å². The van der Waals surface area contributed by atoms with Crippen molar-refractivity contribution in [2.45, 2.75) is 33.0 Å². The van der Waals surface area contributed by atoms with Crippen LogP contribution in [0.4, 0.5) is 0 Å². The van der Waals surface area contributed by atoms with E-state index in [2.05, 4.69) is 72.3 Å². The fourth-order valence-corrected chi connectivity index (χ4v) is 3.77. The van der Waals surface area contributed by atoms with E-state index in [1.54, 1.807) is 19.1 Å². The minimum atomic E-state index is 0.808. The quantitative estimate of drug-likeness (QED) is 0.505. The van der Waals surface area contributed by atoms with Gasteiger partial charge < -0.3 is 18.9 Å². The van der Waals surface area contributed by atoms with Crippen LogP contribution in [0.15, 0.2) is 66.9 Å². The van der Waals surface area contributed by atoms with E-state index >= 15 is 0 Å². The number of aryl methyl sites for hydroxylation is 1. The van der Waals surface area contributed by atoms with Crippen LogP contribution in [0.2, 0.25) is 0 Å². The zero-order chi connectivity index (χ0) is 20.5. The number of hydrogen-bond donors (Lipinski definition) is 1. The first kappa shape index (κ1) is 21.2. The Labute approximate surface area is 174 Å². The number of nitrogens with zero attached hydrogens (tertiary/aromatic N) is 1. The van der Waals surface area contributed by atoms with Gasteiger partial charge in [0.2, 0.25) is 0 Å². The van der Waals surface area contributed by atoms with Crippen molar-refractivity contribution in [3.05, 3.63) is 89.2 Å². The van der Waals surface area contributed by atoms with Gasteiger partial charge in [0.05, 0.1) is 26.0 Å². The summed E-state index contributed by atoms with van der Waals surface area (Å²) in [5, 5.41) is 0. The molecule has 0 amide bonds. The van der Waals surface area contributed by atoms with Gasteiger partial charge in [-0.3, -0.25) is 0 Å². The Morgan fingerprint density at radius 1 is 0.931 bits per heavy atom. The lowest BCUT2D eigenvalue weighted by Gasteiger charge is -2.21. The molecule has 0 fully saturated rings. The minimum Gasteiger partial charge on any atom is -0.497 e. The number of hydrogen-bond acceptors (Lipinski definition) is 2. The lowest BCUT2D eigenvalue weighted by molar-refractivity contribution is -0.928. The maximum absolute atomic E-state index is 5.38. The third kappa shape index (κ3) is 6.21. The van der Waals surface area contributed by atoms with Crippen molar-refractivity contribution < 1.29 is 14.4 Å². The molecule has 4 nitrogen and oxygen atoms in total. The van der Waals surface area contributed by atoms with Crippen LogP contribution in [-0.4, -0.2) is 31.9 Å². The van der Waals surface area contributed by atoms with E-state index in [1.807, 2.05) is 6.07 Å². The van der Waals surface area contributed by atoms with Crippen molar-refractivity contribution >= 4 is 0 Å². The SMILES string of the molecule is COCCC[NH+](Cc1ccccc1C)Cc1cccn1Cc1cccc(OC)c1. The van der Waals surface area contributed by atoms with E-state index in [0.717, 1.165) is 45.0 Å². The maximum atomic E-state index is 5.38. The van der Waals surface area contributed by atoms with E-state index in [-0.39, 0.29) is 0 Å². The average molecular weight is 394 g/mol. The number of ether oxygens (including phenoxy) is 2. The predicted octanol–water partition coefficient (Wildman–Crippen LogP) is 3.48. The van der Waals surface area contributed by atoms with Gasteiger partial charge in [0.15, 0.2) is 0 Å². The van der Waals surface area contributed by atoms with Crippen LogP contribution in [0, 0.1) is 6.92 Å². The monoisotopic (exact) mass is 393 g/mol. The van der Waals surface area contributed by atoms with Gasteiger partial charge >= 0.3 is 0 Å². The predicted molar refractivity (Wildman–Crippen MR) is 117 cm³/mol. The number of benzene rings is 2. The van der Waals surface area contributed by atoms with E-state index in [4.69, 9.17) is 9.47 Å². The lowest BCUT2D eigenvalue weighted by atomic mass is 10.1. The third-order valence-corrected chi connectivity index (χ3v) is 5.42. The van der Waals surface area contributed by atoms with Crippen LogP contribution in [0.5, 0.6) is 5.75 Å². The molecule has 1 unspecified atom stereocenters. The summed E-state index contributed by atoms with van der Waals surface area (Å²) in [6.45, 7) is 6.98. The maximum Gasteiger partial charge on any atom is 0.119 e. The molecule has 3 rings (SSSR count). The van der Waals surface area contributed by atoms with Gasteiger partial charge in [-0.1, -0.05) is 36.4 Å². The van der Waals surface area contributed by atoms with Crippen molar-refractivity contribution in [2.75, 3.05) is 27.4 Å². The third-order valence-electron chi connectivity index (χ3n) is 5.42. The molecule has 0 saturated heterocycles. The molecule has 1 atom stereocenters. The van der Waals surface area contributed by atoms with Crippen LogP contribution < -0.4 is 9.64 Å². The first-order valence-corrected chi connectivity index (χ1v) is 10.3. The number of methoxy groups -OCH3 is 2. The van der Waals surface area contributed by atoms with Crippen LogP contribution in [0.3, 0.4) is 0 Å². The van der Waals surface area contributed by atoms with Crippen molar-refractivity contribution in [2.24, 2.45) is 0 Å². The molecule has 0 aliphatic carbocycles. The molecular weight excluding hydrogens is 360 g/mol. The number of aromatic nitrogens is 1. The van der Waals surface area contributed by atoms with Crippen LogP contribution in [-0.2, 0) is 24.4 Å². The topological polar surface area (TPSA) is 27.8 Å². The Morgan fingerprint density at radius 3 is 2.59 bits per heavy atom. The van der Waals surface area contributed by atoms with E-state index in [1.165, 1.54) is 22.4 Å². The number of rotatable bonds is 11. The molecule has 3 aromatic rings. The van der Waals surface area contributed by atoms with E-state index < -0.39 is 0 Å².